The van der Waals surface area contributed by atoms with Crippen molar-refractivity contribution in [3.8, 4) is 0 Å². The summed E-state index contributed by atoms with van der Waals surface area (Å²) in [6.07, 6.45) is 4.28. The minimum atomic E-state index is -3.54. The minimum absolute atomic E-state index is 0.296. The van der Waals surface area contributed by atoms with E-state index in [0.717, 1.165) is 31.2 Å². The van der Waals surface area contributed by atoms with Crippen molar-refractivity contribution in [3.05, 3.63) is 59.7 Å². The average molecular weight is 346 g/mol. The fourth-order valence-electron chi connectivity index (χ4n) is 2.61. The Hall–Kier alpha value is -1.81. The molecule has 1 N–H and O–H groups in total. The highest BCUT2D eigenvalue weighted by Gasteiger charge is 2.14. The second kappa shape index (κ2) is 8.34. The predicted octanol–water partition coefficient (Wildman–Crippen LogP) is 5.03. The molecule has 2 aromatic carbocycles. The van der Waals surface area contributed by atoms with Gasteiger partial charge < -0.3 is 0 Å². The molecule has 0 atom stereocenters. The molecule has 24 heavy (non-hydrogen) atoms. The molecule has 0 radical (unpaired) electrons. The van der Waals surface area contributed by atoms with Gasteiger partial charge in [-0.1, -0.05) is 51.5 Å². The lowest BCUT2D eigenvalue weighted by atomic mass is 10.0. The summed E-state index contributed by atoms with van der Waals surface area (Å²) in [5.41, 5.74) is 2.99. The molecule has 2 aromatic rings. The van der Waals surface area contributed by atoms with Crippen molar-refractivity contribution in [1.29, 1.82) is 0 Å². The maximum atomic E-state index is 12.5. The van der Waals surface area contributed by atoms with Crippen molar-refractivity contribution in [2.75, 3.05) is 4.72 Å². The van der Waals surface area contributed by atoms with Crippen LogP contribution in [0.3, 0.4) is 0 Å². The molecule has 0 bridgehead atoms. The first kappa shape index (κ1) is 18.5. The first-order valence-corrected chi connectivity index (χ1v) is 10.1. The van der Waals surface area contributed by atoms with Crippen LogP contribution < -0.4 is 4.72 Å². The Morgan fingerprint density at radius 2 is 1.50 bits per heavy atom. The van der Waals surface area contributed by atoms with E-state index in [-0.39, 0.29) is 0 Å². The summed E-state index contributed by atoms with van der Waals surface area (Å²) in [4.78, 5) is 0.296. The maximum absolute atomic E-state index is 12.5. The van der Waals surface area contributed by atoms with Gasteiger partial charge in [-0.05, 0) is 60.6 Å². The summed E-state index contributed by atoms with van der Waals surface area (Å²) in [7, 11) is -3.54. The summed E-state index contributed by atoms with van der Waals surface area (Å²) in [6.45, 7) is 6.46. The standard InChI is InChI=1S/C20H27NO2S/c1-4-5-6-17-7-11-19(12-8-17)21-24(22,23)20-13-9-18(10-14-20)15-16(2)3/h7-14,16,21H,4-6,15H2,1-3H3. The quantitative estimate of drug-likeness (QED) is 0.729. The summed E-state index contributed by atoms with van der Waals surface area (Å²) < 4.78 is 27.6. The highest BCUT2D eigenvalue weighted by Crippen LogP contribution is 2.19. The molecule has 0 aliphatic heterocycles. The number of aryl methyl sites for hydroxylation is 1. The van der Waals surface area contributed by atoms with Crippen LogP contribution in [0, 0.1) is 5.92 Å². The van der Waals surface area contributed by atoms with Gasteiger partial charge in [0.1, 0.15) is 0 Å². The monoisotopic (exact) mass is 345 g/mol. The number of nitrogens with one attached hydrogen (secondary N) is 1. The number of unbranched alkanes of at least 4 members (excludes halogenated alkanes) is 1. The van der Waals surface area contributed by atoms with Crippen LogP contribution in [0.25, 0.3) is 0 Å². The van der Waals surface area contributed by atoms with E-state index >= 15 is 0 Å². The van der Waals surface area contributed by atoms with E-state index < -0.39 is 10.0 Å². The predicted molar refractivity (Wildman–Crippen MR) is 101 cm³/mol. The van der Waals surface area contributed by atoms with E-state index in [1.54, 1.807) is 12.1 Å². The maximum Gasteiger partial charge on any atom is 0.261 e. The summed E-state index contributed by atoms with van der Waals surface area (Å²) >= 11 is 0. The molecule has 0 unspecified atom stereocenters. The molecule has 130 valence electrons. The highest BCUT2D eigenvalue weighted by molar-refractivity contribution is 7.92. The van der Waals surface area contributed by atoms with Crippen molar-refractivity contribution < 1.29 is 8.42 Å². The topological polar surface area (TPSA) is 46.2 Å². The van der Waals surface area contributed by atoms with Crippen LogP contribution in [0.1, 0.15) is 44.7 Å². The number of hydrogen-bond acceptors (Lipinski definition) is 2. The van der Waals surface area contributed by atoms with Gasteiger partial charge in [0.05, 0.1) is 4.90 Å². The summed E-state index contributed by atoms with van der Waals surface area (Å²) in [5, 5.41) is 0. The minimum Gasteiger partial charge on any atom is -0.280 e. The van der Waals surface area contributed by atoms with Gasteiger partial charge in [-0.3, -0.25) is 4.72 Å². The molecule has 0 fully saturated rings. The lowest BCUT2D eigenvalue weighted by Crippen LogP contribution is -2.13. The number of sulfonamides is 1. The smallest absolute Gasteiger partial charge is 0.261 e. The van der Waals surface area contributed by atoms with Gasteiger partial charge >= 0.3 is 0 Å². The fraction of sp³-hybridized carbons (Fsp3) is 0.400. The Bertz CT molecular complexity index is 732. The lowest BCUT2D eigenvalue weighted by Gasteiger charge is -2.10. The van der Waals surface area contributed by atoms with Crippen molar-refractivity contribution >= 4 is 15.7 Å². The van der Waals surface area contributed by atoms with Gasteiger partial charge in [-0.25, -0.2) is 8.42 Å². The van der Waals surface area contributed by atoms with Crippen molar-refractivity contribution in [2.24, 2.45) is 5.92 Å². The number of rotatable bonds is 8. The summed E-state index contributed by atoms with van der Waals surface area (Å²) in [6, 6.07) is 14.8. The zero-order valence-corrected chi connectivity index (χ0v) is 15.6. The van der Waals surface area contributed by atoms with Crippen LogP contribution in [0.4, 0.5) is 5.69 Å². The molecular weight excluding hydrogens is 318 g/mol. The number of benzene rings is 2. The molecule has 4 heteroatoms. The largest absolute Gasteiger partial charge is 0.280 e. The van der Waals surface area contributed by atoms with Crippen LogP contribution in [0.15, 0.2) is 53.4 Å². The Kier molecular flexibility index (Phi) is 6.44. The van der Waals surface area contributed by atoms with Gasteiger partial charge in [0, 0.05) is 5.69 Å². The Labute approximate surface area is 146 Å². The van der Waals surface area contributed by atoms with Gasteiger partial charge in [0.25, 0.3) is 10.0 Å². The van der Waals surface area contributed by atoms with Crippen LogP contribution in [-0.4, -0.2) is 8.42 Å². The first-order valence-electron chi connectivity index (χ1n) is 8.61. The highest BCUT2D eigenvalue weighted by atomic mass is 32.2. The van der Waals surface area contributed by atoms with E-state index in [9.17, 15) is 8.42 Å². The zero-order valence-electron chi connectivity index (χ0n) is 14.7. The van der Waals surface area contributed by atoms with E-state index in [4.69, 9.17) is 0 Å². The molecule has 0 amide bonds. The van der Waals surface area contributed by atoms with Gasteiger partial charge in [0.15, 0.2) is 0 Å². The van der Waals surface area contributed by atoms with Crippen LogP contribution in [0.5, 0.6) is 0 Å². The van der Waals surface area contributed by atoms with E-state index in [1.165, 1.54) is 5.56 Å². The van der Waals surface area contributed by atoms with Gasteiger partial charge in [-0.15, -0.1) is 0 Å². The summed E-state index contributed by atoms with van der Waals surface area (Å²) in [5.74, 6) is 0.553. The fourth-order valence-corrected chi connectivity index (χ4v) is 3.67. The van der Waals surface area contributed by atoms with E-state index in [2.05, 4.69) is 25.5 Å². The molecule has 0 spiro atoms. The van der Waals surface area contributed by atoms with Gasteiger partial charge in [0.2, 0.25) is 0 Å². The van der Waals surface area contributed by atoms with Crippen LogP contribution in [0.2, 0.25) is 0 Å². The molecule has 0 aliphatic rings. The van der Waals surface area contributed by atoms with Crippen molar-refractivity contribution in [3.63, 3.8) is 0 Å². The van der Waals surface area contributed by atoms with Gasteiger partial charge in [-0.2, -0.15) is 0 Å². The Morgan fingerprint density at radius 3 is 2.04 bits per heavy atom. The van der Waals surface area contributed by atoms with Crippen molar-refractivity contribution in [2.45, 2.75) is 51.3 Å². The molecular formula is C20H27NO2S. The molecule has 0 saturated carbocycles. The Morgan fingerprint density at radius 1 is 0.917 bits per heavy atom. The van der Waals surface area contributed by atoms with Crippen molar-refractivity contribution in [1.82, 2.24) is 0 Å². The number of anilines is 1. The average Bonchev–Trinajstić information content (AvgIpc) is 2.54. The molecule has 0 aliphatic carbocycles. The first-order chi connectivity index (χ1) is 11.4. The van der Waals surface area contributed by atoms with Crippen LogP contribution >= 0.6 is 0 Å². The van der Waals surface area contributed by atoms with Crippen LogP contribution in [-0.2, 0) is 22.9 Å². The number of hydrogen-bond donors (Lipinski definition) is 1. The van der Waals surface area contributed by atoms with E-state index in [1.807, 2.05) is 36.4 Å². The SMILES string of the molecule is CCCCc1ccc(NS(=O)(=O)c2ccc(CC(C)C)cc2)cc1. The molecule has 2 rings (SSSR count). The normalized spacial score (nSPS) is 11.7. The molecule has 3 nitrogen and oxygen atoms in total. The third-order valence-electron chi connectivity index (χ3n) is 3.90. The van der Waals surface area contributed by atoms with E-state index in [0.29, 0.717) is 16.5 Å². The third kappa shape index (κ3) is 5.38. The lowest BCUT2D eigenvalue weighted by molar-refractivity contribution is 0.601. The second-order valence-corrected chi connectivity index (χ2v) is 8.33. The second-order valence-electron chi connectivity index (χ2n) is 6.65. The third-order valence-corrected chi connectivity index (χ3v) is 5.30. The molecule has 0 saturated heterocycles. The Balaban J connectivity index is 2.07. The molecule has 0 aromatic heterocycles. The zero-order chi connectivity index (χ0) is 17.6. The molecule has 0 heterocycles.